The maximum absolute atomic E-state index is 11.8. The lowest BCUT2D eigenvalue weighted by atomic mass is 10.2. The van der Waals surface area contributed by atoms with Gasteiger partial charge in [-0.25, -0.2) is 9.59 Å². The van der Waals surface area contributed by atoms with Crippen molar-refractivity contribution >= 4 is 17.7 Å². The predicted molar refractivity (Wildman–Crippen MR) is 79.0 cm³/mol. The number of aliphatic hydroxyl groups excluding tert-OH is 1. The van der Waals surface area contributed by atoms with Crippen molar-refractivity contribution in [1.82, 2.24) is 5.32 Å². The summed E-state index contributed by atoms with van der Waals surface area (Å²) < 4.78 is 9.91. The summed E-state index contributed by atoms with van der Waals surface area (Å²) in [6.45, 7) is 4.28. The van der Waals surface area contributed by atoms with Crippen LogP contribution >= 0.6 is 0 Å². The van der Waals surface area contributed by atoms with Gasteiger partial charge in [0, 0.05) is 12.1 Å². The van der Waals surface area contributed by atoms with Crippen LogP contribution in [-0.2, 0) is 9.53 Å². The van der Waals surface area contributed by atoms with E-state index < -0.39 is 35.2 Å². The zero-order chi connectivity index (χ0) is 17.6. The highest BCUT2D eigenvalue weighted by Crippen LogP contribution is 2.17. The van der Waals surface area contributed by atoms with E-state index in [1.165, 1.54) is 24.3 Å². The van der Waals surface area contributed by atoms with Crippen LogP contribution in [0.4, 0.5) is 10.5 Å². The smallest absolute Gasteiger partial charge is 0.413 e. The normalized spacial score (nSPS) is 12.2. The molecule has 0 heterocycles. The summed E-state index contributed by atoms with van der Waals surface area (Å²) in [5, 5.41) is 21.8. The number of amides is 1. The van der Waals surface area contributed by atoms with Crippen LogP contribution in [0.25, 0.3) is 0 Å². The second kappa shape index (κ2) is 7.54. The van der Waals surface area contributed by atoms with Crippen LogP contribution in [0.5, 0.6) is 5.75 Å². The second-order valence-electron chi connectivity index (χ2n) is 5.55. The van der Waals surface area contributed by atoms with E-state index in [0.717, 1.165) is 0 Å². The first-order valence-corrected chi connectivity index (χ1v) is 6.69. The summed E-state index contributed by atoms with van der Waals surface area (Å²) in [7, 11) is 0. The Balaban J connectivity index is 2.63. The van der Waals surface area contributed by atoms with Gasteiger partial charge in [0.25, 0.3) is 5.69 Å². The quantitative estimate of drug-likeness (QED) is 0.475. The lowest BCUT2D eigenvalue weighted by molar-refractivity contribution is -0.384. The van der Waals surface area contributed by atoms with Crippen molar-refractivity contribution in [1.29, 1.82) is 0 Å². The Hall–Kier alpha value is -2.68. The number of hydrogen-bond donors (Lipinski definition) is 2. The molecule has 23 heavy (non-hydrogen) atoms. The van der Waals surface area contributed by atoms with Crippen molar-refractivity contribution in [3.63, 3.8) is 0 Å². The first-order valence-electron chi connectivity index (χ1n) is 6.69. The molecule has 0 aliphatic carbocycles. The molecule has 0 aliphatic rings. The number of esters is 1. The third-order valence-electron chi connectivity index (χ3n) is 2.42. The molecule has 0 bridgehead atoms. The summed E-state index contributed by atoms with van der Waals surface area (Å²) in [5.41, 5.74) is -0.922. The van der Waals surface area contributed by atoms with E-state index in [2.05, 4.69) is 5.32 Å². The summed E-state index contributed by atoms with van der Waals surface area (Å²) in [6, 6.07) is 3.53. The SMILES string of the molecule is CC(C)(C)OC(=O)C(CO)NC(=O)Oc1ccc([N+](=O)[O-])cc1. The Morgan fingerprint density at radius 2 is 1.87 bits per heavy atom. The highest BCUT2D eigenvalue weighted by molar-refractivity contribution is 5.82. The van der Waals surface area contributed by atoms with Gasteiger partial charge in [-0.1, -0.05) is 0 Å². The van der Waals surface area contributed by atoms with Gasteiger partial charge in [-0.15, -0.1) is 0 Å². The predicted octanol–water partition coefficient (Wildman–Crippen LogP) is 1.39. The van der Waals surface area contributed by atoms with Crippen LogP contribution in [0.3, 0.4) is 0 Å². The maximum atomic E-state index is 11.8. The number of nitro benzene ring substituents is 1. The van der Waals surface area contributed by atoms with Gasteiger partial charge in [-0.2, -0.15) is 0 Å². The zero-order valence-corrected chi connectivity index (χ0v) is 12.9. The van der Waals surface area contributed by atoms with Gasteiger partial charge < -0.3 is 19.9 Å². The summed E-state index contributed by atoms with van der Waals surface area (Å²) in [4.78, 5) is 33.4. The minimum absolute atomic E-state index is 0.0500. The van der Waals surface area contributed by atoms with Gasteiger partial charge in [-0.05, 0) is 32.9 Å². The minimum atomic E-state index is -1.28. The number of ether oxygens (including phenoxy) is 2. The zero-order valence-electron chi connectivity index (χ0n) is 12.9. The number of carbonyl (C=O) groups is 2. The van der Waals surface area contributed by atoms with Crippen molar-refractivity contribution in [3.05, 3.63) is 34.4 Å². The number of carbonyl (C=O) groups excluding carboxylic acids is 2. The molecule has 126 valence electrons. The van der Waals surface area contributed by atoms with Crippen molar-refractivity contribution in [2.75, 3.05) is 6.61 Å². The third-order valence-corrected chi connectivity index (χ3v) is 2.42. The Morgan fingerprint density at radius 1 is 1.30 bits per heavy atom. The lowest BCUT2D eigenvalue weighted by Gasteiger charge is -2.23. The number of benzene rings is 1. The molecule has 0 fully saturated rings. The number of non-ortho nitro benzene ring substituents is 1. The number of nitro groups is 1. The average molecular weight is 326 g/mol. The largest absolute Gasteiger partial charge is 0.458 e. The molecule has 0 saturated carbocycles. The van der Waals surface area contributed by atoms with Crippen molar-refractivity contribution in [2.24, 2.45) is 0 Å². The number of hydrogen-bond acceptors (Lipinski definition) is 7. The van der Waals surface area contributed by atoms with Gasteiger partial charge in [0.15, 0.2) is 6.04 Å². The molecule has 1 amide bonds. The Labute approximate surface area is 132 Å². The van der Waals surface area contributed by atoms with Gasteiger partial charge in [0.1, 0.15) is 11.4 Å². The molecule has 1 aromatic carbocycles. The molecule has 0 spiro atoms. The van der Waals surface area contributed by atoms with E-state index in [9.17, 15) is 19.7 Å². The summed E-state index contributed by atoms with van der Waals surface area (Å²) in [5.74, 6) is -0.755. The lowest BCUT2D eigenvalue weighted by Crippen LogP contribution is -2.47. The maximum Gasteiger partial charge on any atom is 0.413 e. The van der Waals surface area contributed by atoms with Crippen LogP contribution in [0.2, 0.25) is 0 Å². The third kappa shape index (κ3) is 6.30. The second-order valence-corrected chi connectivity index (χ2v) is 5.55. The molecule has 9 heteroatoms. The van der Waals surface area contributed by atoms with E-state index in [1.807, 2.05) is 0 Å². The summed E-state index contributed by atoms with van der Waals surface area (Å²) >= 11 is 0. The van der Waals surface area contributed by atoms with Crippen molar-refractivity contribution < 1.29 is 29.1 Å². The van der Waals surface area contributed by atoms with Crippen LogP contribution < -0.4 is 10.1 Å². The standard InChI is InChI=1S/C14H18N2O7/c1-14(2,3)23-12(18)11(8-17)15-13(19)22-10-6-4-9(5-7-10)16(20)21/h4-7,11,17H,8H2,1-3H3,(H,15,19). The minimum Gasteiger partial charge on any atom is -0.458 e. The molecular formula is C14H18N2O7. The average Bonchev–Trinajstić information content (AvgIpc) is 2.43. The molecule has 0 aliphatic heterocycles. The highest BCUT2D eigenvalue weighted by atomic mass is 16.6. The summed E-state index contributed by atoms with van der Waals surface area (Å²) in [6.07, 6.45) is -0.997. The highest BCUT2D eigenvalue weighted by Gasteiger charge is 2.26. The fourth-order valence-corrected chi connectivity index (χ4v) is 1.47. The molecule has 2 N–H and O–H groups in total. The molecule has 9 nitrogen and oxygen atoms in total. The number of nitrogens with one attached hydrogen (secondary N) is 1. The number of nitrogens with zero attached hydrogens (tertiary/aromatic N) is 1. The molecule has 1 unspecified atom stereocenters. The first-order chi connectivity index (χ1) is 10.6. The van der Waals surface area contributed by atoms with Gasteiger partial charge >= 0.3 is 12.1 Å². The first kappa shape index (κ1) is 18.4. The van der Waals surface area contributed by atoms with E-state index in [0.29, 0.717) is 0 Å². The topological polar surface area (TPSA) is 128 Å². The molecule has 0 aromatic heterocycles. The van der Waals surface area contributed by atoms with E-state index >= 15 is 0 Å². The van der Waals surface area contributed by atoms with Crippen LogP contribution in [-0.4, -0.2) is 40.3 Å². The molecule has 1 aromatic rings. The monoisotopic (exact) mass is 326 g/mol. The Morgan fingerprint density at radius 3 is 2.30 bits per heavy atom. The van der Waals surface area contributed by atoms with Gasteiger partial charge in [0.2, 0.25) is 0 Å². The van der Waals surface area contributed by atoms with Crippen molar-refractivity contribution in [2.45, 2.75) is 32.4 Å². The molecule has 1 rings (SSSR count). The van der Waals surface area contributed by atoms with Gasteiger partial charge in [0.05, 0.1) is 11.5 Å². The fourth-order valence-electron chi connectivity index (χ4n) is 1.47. The molecule has 0 saturated heterocycles. The van der Waals surface area contributed by atoms with E-state index in [-0.39, 0.29) is 11.4 Å². The molecular weight excluding hydrogens is 308 g/mol. The Kier molecular flexibility index (Phi) is 6.02. The Bertz CT molecular complexity index is 578. The van der Waals surface area contributed by atoms with Crippen LogP contribution in [0.15, 0.2) is 24.3 Å². The van der Waals surface area contributed by atoms with Crippen molar-refractivity contribution in [3.8, 4) is 5.75 Å². The fraction of sp³-hybridized carbons (Fsp3) is 0.429. The van der Waals surface area contributed by atoms with Crippen LogP contribution in [0, 0.1) is 10.1 Å². The van der Waals surface area contributed by atoms with Crippen LogP contribution in [0.1, 0.15) is 20.8 Å². The number of rotatable bonds is 5. The van der Waals surface area contributed by atoms with E-state index in [1.54, 1.807) is 20.8 Å². The van der Waals surface area contributed by atoms with E-state index in [4.69, 9.17) is 14.6 Å². The molecule has 1 atom stereocenters. The van der Waals surface area contributed by atoms with Gasteiger partial charge in [-0.3, -0.25) is 10.1 Å². The number of aliphatic hydroxyl groups is 1. The molecule has 0 radical (unpaired) electrons.